The van der Waals surface area contributed by atoms with Gasteiger partial charge in [0.1, 0.15) is 0 Å². The molecule has 120 valence electrons. The van der Waals surface area contributed by atoms with Crippen molar-refractivity contribution in [2.24, 2.45) is 5.73 Å². The van der Waals surface area contributed by atoms with E-state index in [1.807, 2.05) is 0 Å². The van der Waals surface area contributed by atoms with Gasteiger partial charge in [0.05, 0.1) is 4.90 Å². The summed E-state index contributed by atoms with van der Waals surface area (Å²) < 4.78 is 28.1. The molecule has 1 saturated carbocycles. The maximum atomic E-state index is 12.6. The van der Waals surface area contributed by atoms with E-state index in [1.165, 1.54) is 6.07 Å². The highest BCUT2D eigenvalue weighted by atomic mass is 32.2. The Morgan fingerprint density at radius 3 is 2.68 bits per heavy atom. The molecule has 1 fully saturated rings. The molecule has 0 radical (unpaired) electrons. The molecule has 1 aromatic carbocycles. The third-order valence-electron chi connectivity index (χ3n) is 4.62. The summed E-state index contributed by atoms with van der Waals surface area (Å²) in [4.78, 5) is 12.0. The van der Waals surface area contributed by atoms with Crippen molar-refractivity contribution in [3.05, 3.63) is 29.3 Å². The molecule has 0 atom stereocenters. The van der Waals surface area contributed by atoms with E-state index in [9.17, 15) is 13.2 Å². The van der Waals surface area contributed by atoms with Crippen LogP contribution in [0.25, 0.3) is 0 Å². The minimum Gasteiger partial charge on any atom is -0.352 e. The van der Waals surface area contributed by atoms with Crippen molar-refractivity contribution >= 4 is 15.9 Å². The predicted octanol–water partition coefficient (Wildman–Crippen LogP) is 0.522. The lowest BCUT2D eigenvalue weighted by Crippen LogP contribution is -2.51. The molecular formula is C15H21N3O3S. The van der Waals surface area contributed by atoms with E-state index in [-0.39, 0.29) is 17.3 Å². The molecule has 4 N–H and O–H groups in total. The second kappa shape index (κ2) is 5.64. The summed E-state index contributed by atoms with van der Waals surface area (Å²) in [5, 5.41) is 2.73. The fourth-order valence-corrected chi connectivity index (χ4v) is 4.80. The second-order valence-electron chi connectivity index (χ2n) is 6.12. The van der Waals surface area contributed by atoms with E-state index in [1.54, 1.807) is 12.1 Å². The summed E-state index contributed by atoms with van der Waals surface area (Å²) in [6.07, 6.45) is 4.20. The molecule has 1 heterocycles. The molecule has 1 aliphatic carbocycles. The van der Waals surface area contributed by atoms with Crippen LogP contribution in [0.1, 0.15) is 41.6 Å². The largest absolute Gasteiger partial charge is 0.352 e. The number of amides is 1. The average molecular weight is 323 g/mol. The Balaban J connectivity index is 1.92. The van der Waals surface area contributed by atoms with Crippen LogP contribution in [0.5, 0.6) is 0 Å². The first-order valence-corrected chi connectivity index (χ1v) is 9.09. The number of rotatable bonds is 4. The Morgan fingerprint density at radius 2 is 2.00 bits per heavy atom. The van der Waals surface area contributed by atoms with Crippen molar-refractivity contribution < 1.29 is 13.2 Å². The van der Waals surface area contributed by atoms with Crippen LogP contribution >= 0.6 is 0 Å². The summed E-state index contributed by atoms with van der Waals surface area (Å²) in [5.74, 6) is -0.215. The van der Waals surface area contributed by atoms with Crippen LogP contribution in [0.3, 0.4) is 0 Å². The maximum absolute atomic E-state index is 12.6. The Bertz CT molecular complexity index is 694. The molecular weight excluding hydrogens is 302 g/mol. The standard InChI is InChI=1S/C15H21N3O3S/c16-10-15(6-1-2-7-15)18-22(20,21)12-4-3-11-5-8-17-14(19)13(11)9-12/h3-4,9,18H,1-2,5-8,10,16H2,(H,17,19). The molecule has 0 spiro atoms. The smallest absolute Gasteiger partial charge is 0.251 e. The number of carbonyl (C=O) groups is 1. The molecule has 0 saturated heterocycles. The molecule has 0 bridgehead atoms. The minimum absolute atomic E-state index is 0.128. The predicted molar refractivity (Wildman–Crippen MR) is 83.1 cm³/mol. The van der Waals surface area contributed by atoms with Gasteiger partial charge in [-0.05, 0) is 37.0 Å². The number of carbonyl (C=O) groups excluding carboxylic acids is 1. The number of fused-ring (bicyclic) bond motifs is 1. The molecule has 22 heavy (non-hydrogen) atoms. The van der Waals surface area contributed by atoms with Gasteiger partial charge in [-0.2, -0.15) is 0 Å². The van der Waals surface area contributed by atoms with Crippen LogP contribution in [-0.2, 0) is 16.4 Å². The first-order valence-electron chi connectivity index (χ1n) is 7.61. The zero-order valence-electron chi connectivity index (χ0n) is 12.4. The third-order valence-corrected chi connectivity index (χ3v) is 6.19. The van der Waals surface area contributed by atoms with Gasteiger partial charge in [-0.25, -0.2) is 13.1 Å². The number of sulfonamides is 1. The molecule has 2 aliphatic rings. The zero-order valence-corrected chi connectivity index (χ0v) is 13.2. The van der Waals surface area contributed by atoms with E-state index >= 15 is 0 Å². The Kier molecular flexibility index (Phi) is 3.96. The molecule has 3 rings (SSSR count). The first-order chi connectivity index (χ1) is 10.5. The van der Waals surface area contributed by atoms with Crippen molar-refractivity contribution in [2.45, 2.75) is 42.5 Å². The number of nitrogens with one attached hydrogen (secondary N) is 2. The van der Waals surface area contributed by atoms with E-state index < -0.39 is 15.6 Å². The molecule has 7 heteroatoms. The van der Waals surface area contributed by atoms with Crippen molar-refractivity contribution in [2.75, 3.05) is 13.1 Å². The molecule has 0 unspecified atom stereocenters. The van der Waals surface area contributed by atoms with Gasteiger partial charge in [0.15, 0.2) is 0 Å². The summed E-state index contributed by atoms with van der Waals surface area (Å²) >= 11 is 0. The number of nitrogens with two attached hydrogens (primary N) is 1. The highest BCUT2D eigenvalue weighted by Gasteiger charge is 2.37. The topological polar surface area (TPSA) is 101 Å². The van der Waals surface area contributed by atoms with E-state index in [0.717, 1.165) is 37.7 Å². The van der Waals surface area contributed by atoms with E-state index in [4.69, 9.17) is 5.73 Å². The fraction of sp³-hybridized carbons (Fsp3) is 0.533. The highest BCUT2D eigenvalue weighted by molar-refractivity contribution is 7.89. The van der Waals surface area contributed by atoms with Gasteiger partial charge < -0.3 is 11.1 Å². The summed E-state index contributed by atoms with van der Waals surface area (Å²) in [6.45, 7) is 0.879. The van der Waals surface area contributed by atoms with Crippen LogP contribution in [0, 0.1) is 0 Å². The Labute approximate surface area is 130 Å². The Morgan fingerprint density at radius 1 is 1.27 bits per heavy atom. The average Bonchev–Trinajstić information content (AvgIpc) is 2.96. The molecule has 1 aromatic rings. The third kappa shape index (κ3) is 2.76. The van der Waals surface area contributed by atoms with Crippen LogP contribution in [-0.4, -0.2) is 33.0 Å². The van der Waals surface area contributed by atoms with Crippen molar-refractivity contribution in [1.82, 2.24) is 10.0 Å². The van der Waals surface area contributed by atoms with Crippen molar-refractivity contribution in [1.29, 1.82) is 0 Å². The lowest BCUT2D eigenvalue weighted by atomic mass is 10.0. The van der Waals surface area contributed by atoms with Crippen molar-refractivity contribution in [3.8, 4) is 0 Å². The quantitative estimate of drug-likeness (QED) is 0.752. The number of hydrogen-bond acceptors (Lipinski definition) is 4. The minimum atomic E-state index is -3.68. The maximum Gasteiger partial charge on any atom is 0.251 e. The van der Waals surface area contributed by atoms with Gasteiger partial charge in [0, 0.05) is 24.2 Å². The SMILES string of the molecule is NCC1(NS(=O)(=O)c2ccc3c(c2)C(=O)NCC3)CCCC1. The summed E-state index contributed by atoms with van der Waals surface area (Å²) in [5.41, 5.74) is 6.58. The van der Waals surface area contributed by atoms with E-state index in [2.05, 4.69) is 10.0 Å². The zero-order chi connectivity index (χ0) is 15.8. The molecule has 0 aromatic heterocycles. The normalized spacial score (nSPS) is 20.5. The van der Waals surface area contributed by atoms with Crippen LogP contribution in [0.4, 0.5) is 0 Å². The Hall–Kier alpha value is -1.44. The lowest BCUT2D eigenvalue weighted by Gasteiger charge is -2.28. The highest BCUT2D eigenvalue weighted by Crippen LogP contribution is 2.30. The van der Waals surface area contributed by atoms with Crippen LogP contribution in [0.2, 0.25) is 0 Å². The molecule has 1 amide bonds. The lowest BCUT2D eigenvalue weighted by molar-refractivity contribution is 0.0945. The second-order valence-corrected chi connectivity index (χ2v) is 7.80. The fourth-order valence-electron chi connectivity index (χ4n) is 3.30. The van der Waals surface area contributed by atoms with Gasteiger partial charge in [-0.1, -0.05) is 18.9 Å². The molecule has 1 aliphatic heterocycles. The van der Waals surface area contributed by atoms with Gasteiger partial charge in [0.2, 0.25) is 10.0 Å². The van der Waals surface area contributed by atoms with Crippen molar-refractivity contribution in [3.63, 3.8) is 0 Å². The first kappa shape index (κ1) is 15.5. The van der Waals surface area contributed by atoms with Gasteiger partial charge in [-0.15, -0.1) is 0 Å². The number of benzene rings is 1. The monoisotopic (exact) mass is 323 g/mol. The van der Waals surface area contributed by atoms with Gasteiger partial charge in [-0.3, -0.25) is 4.79 Å². The van der Waals surface area contributed by atoms with Crippen LogP contribution < -0.4 is 15.8 Å². The van der Waals surface area contributed by atoms with E-state index in [0.29, 0.717) is 12.1 Å². The summed E-state index contributed by atoms with van der Waals surface area (Å²) in [6, 6.07) is 4.76. The molecule has 6 nitrogen and oxygen atoms in total. The van der Waals surface area contributed by atoms with Crippen LogP contribution in [0.15, 0.2) is 23.1 Å². The van der Waals surface area contributed by atoms with Gasteiger partial charge >= 0.3 is 0 Å². The number of hydrogen-bond donors (Lipinski definition) is 3. The van der Waals surface area contributed by atoms with Gasteiger partial charge in [0.25, 0.3) is 5.91 Å². The summed E-state index contributed by atoms with van der Waals surface area (Å²) in [7, 11) is -3.68.